The molecule has 1 saturated heterocycles. The van der Waals surface area contributed by atoms with Crippen molar-refractivity contribution >= 4 is 0 Å². The molecule has 1 rings (SSSR count). The van der Waals surface area contributed by atoms with E-state index in [0.29, 0.717) is 6.04 Å². The average molecular weight is 186 g/mol. The van der Waals surface area contributed by atoms with E-state index in [1.54, 1.807) is 7.11 Å². The maximum atomic E-state index is 5.14. The molecule has 1 fully saturated rings. The van der Waals surface area contributed by atoms with E-state index in [1.807, 2.05) is 0 Å². The predicted octanol–water partition coefficient (Wildman–Crippen LogP) is 0.753. The fourth-order valence-corrected chi connectivity index (χ4v) is 1.74. The van der Waals surface area contributed by atoms with Gasteiger partial charge in [0.15, 0.2) is 0 Å². The second kappa shape index (κ2) is 4.94. The maximum absolute atomic E-state index is 5.14. The fourth-order valence-electron chi connectivity index (χ4n) is 1.74. The molecule has 2 N–H and O–H groups in total. The summed E-state index contributed by atoms with van der Waals surface area (Å²) in [6, 6.07) is 0.663. The molecule has 0 amide bonds. The molecule has 3 nitrogen and oxygen atoms in total. The summed E-state index contributed by atoms with van der Waals surface area (Å²) in [5, 5.41) is 6.98. The molecule has 78 valence electrons. The average Bonchev–Trinajstić information content (AvgIpc) is 2.52. The first-order valence-corrected chi connectivity index (χ1v) is 5.11. The van der Waals surface area contributed by atoms with Crippen LogP contribution in [-0.4, -0.2) is 38.4 Å². The third-order valence-corrected chi connectivity index (χ3v) is 2.49. The van der Waals surface area contributed by atoms with Gasteiger partial charge >= 0.3 is 0 Å². The minimum absolute atomic E-state index is 0.0963. The first kappa shape index (κ1) is 11.0. The Bertz CT molecular complexity index is 142. The first-order chi connectivity index (χ1) is 6.14. The van der Waals surface area contributed by atoms with Gasteiger partial charge in [0.25, 0.3) is 0 Å². The van der Waals surface area contributed by atoms with Crippen LogP contribution < -0.4 is 10.6 Å². The summed E-state index contributed by atoms with van der Waals surface area (Å²) in [5.74, 6) is 0. The van der Waals surface area contributed by atoms with Gasteiger partial charge in [-0.25, -0.2) is 0 Å². The highest BCUT2D eigenvalue weighted by atomic mass is 16.5. The smallest absolute Gasteiger partial charge is 0.0639 e. The number of methoxy groups -OCH3 is 1. The van der Waals surface area contributed by atoms with Gasteiger partial charge in [-0.2, -0.15) is 0 Å². The number of hydrogen-bond acceptors (Lipinski definition) is 3. The number of hydrogen-bond donors (Lipinski definition) is 2. The summed E-state index contributed by atoms with van der Waals surface area (Å²) < 4.78 is 5.14. The van der Waals surface area contributed by atoms with Crippen LogP contribution in [0, 0.1) is 0 Å². The Hall–Kier alpha value is -0.120. The van der Waals surface area contributed by atoms with Gasteiger partial charge in [-0.05, 0) is 33.2 Å². The summed E-state index contributed by atoms with van der Waals surface area (Å²) in [6.07, 6.45) is 2.62. The van der Waals surface area contributed by atoms with Gasteiger partial charge in [-0.1, -0.05) is 0 Å². The van der Waals surface area contributed by atoms with Crippen molar-refractivity contribution in [2.45, 2.75) is 38.3 Å². The first-order valence-electron chi connectivity index (χ1n) is 5.11. The molecule has 0 aliphatic carbocycles. The van der Waals surface area contributed by atoms with Crippen molar-refractivity contribution < 1.29 is 4.74 Å². The standard InChI is InChI=1S/C10H22N2O/c1-10(2,8-13-3)12-7-9-5-4-6-11-9/h9,11-12H,4-8H2,1-3H3. The molecule has 0 bridgehead atoms. The predicted molar refractivity (Wildman–Crippen MR) is 55.0 cm³/mol. The molecule has 3 heteroatoms. The summed E-state index contributed by atoms with van der Waals surface area (Å²) in [5.41, 5.74) is 0.0963. The van der Waals surface area contributed by atoms with Crippen LogP contribution in [0.25, 0.3) is 0 Å². The molecule has 0 spiro atoms. The Morgan fingerprint density at radius 1 is 1.54 bits per heavy atom. The molecule has 1 atom stereocenters. The van der Waals surface area contributed by atoms with E-state index in [4.69, 9.17) is 4.74 Å². The largest absolute Gasteiger partial charge is 0.383 e. The molecule has 0 saturated carbocycles. The SMILES string of the molecule is COCC(C)(C)NCC1CCCN1. The van der Waals surface area contributed by atoms with Crippen molar-refractivity contribution in [1.82, 2.24) is 10.6 Å². The van der Waals surface area contributed by atoms with Crippen LogP contribution in [0.2, 0.25) is 0 Å². The molecular formula is C10H22N2O. The zero-order valence-corrected chi connectivity index (χ0v) is 9.02. The van der Waals surface area contributed by atoms with Crippen LogP contribution in [0.15, 0.2) is 0 Å². The van der Waals surface area contributed by atoms with Gasteiger partial charge in [0.05, 0.1) is 6.61 Å². The zero-order valence-electron chi connectivity index (χ0n) is 9.02. The van der Waals surface area contributed by atoms with Crippen LogP contribution in [0.1, 0.15) is 26.7 Å². The highest BCUT2D eigenvalue weighted by Gasteiger charge is 2.20. The number of nitrogens with one attached hydrogen (secondary N) is 2. The van der Waals surface area contributed by atoms with Crippen molar-refractivity contribution in [3.8, 4) is 0 Å². The van der Waals surface area contributed by atoms with E-state index in [-0.39, 0.29) is 5.54 Å². The van der Waals surface area contributed by atoms with Gasteiger partial charge in [0, 0.05) is 25.2 Å². The van der Waals surface area contributed by atoms with Crippen molar-refractivity contribution in [2.75, 3.05) is 26.8 Å². The molecule has 0 aromatic rings. The second-order valence-electron chi connectivity index (χ2n) is 4.49. The van der Waals surface area contributed by atoms with Crippen molar-refractivity contribution in [3.63, 3.8) is 0 Å². The van der Waals surface area contributed by atoms with Gasteiger partial charge in [0.2, 0.25) is 0 Å². The van der Waals surface area contributed by atoms with Crippen LogP contribution in [-0.2, 0) is 4.74 Å². The summed E-state index contributed by atoms with van der Waals surface area (Å²) in [7, 11) is 1.75. The normalized spacial score (nSPS) is 23.8. The van der Waals surface area contributed by atoms with E-state index >= 15 is 0 Å². The van der Waals surface area contributed by atoms with Gasteiger partial charge in [-0.3, -0.25) is 0 Å². The Labute approximate surface area is 81.2 Å². The van der Waals surface area contributed by atoms with E-state index in [9.17, 15) is 0 Å². The summed E-state index contributed by atoms with van der Waals surface area (Å²) >= 11 is 0. The molecule has 1 aliphatic heterocycles. The van der Waals surface area contributed by atoms with Gasteiger partial charge in [0.1, 0.15) is 0 Å². The zero-order chi connectivity index (χ0) is 9.73. The summed E-state index contributed by atoms with van der Waals surface area (Å²) in [4.78, 5) is 0. The number of ether oxygens (including phenoxy) is 1. The molecule has 0 aromatic heterocycles. The third-order valence-electron chi connectivity index (χ3n) is 2.49. The van der Waals surface area contributed by atoms with Crippen molar-refractivity contribution in [2.24, 2.45) is 0 Å². The maximum Gasteiger partial charge on any atom is 0.0639 e. The second-order valence-corrected chi connectivity index (χ2v) is 4.49. The molecule has 1 unspecified atom stereocenters. The van der Waals surface area contributed by atoms with Crippen molar-refractivity contribution in [3.05, 3.63) is 0 Å². The highest BCUT2D eigenvalue weighted by molar-refractivity contribution is 4.83. The minimum Gasteiger partial charge on any atom is -0.383 e. The van der Waals surface area contributed by atoms with Gasteiger partial charge in [-0.15, -0.1) is 0 Å². The Morgan fingerprint density at radius 3 is 2.85 bits per heavy atom. The lowest BCUT2D eigenvalue weighted by molar-refractivity contribution is 0.127. The van der Waals surface area contributed by atoms with Crippen LogP contribution in [0.5, 0.6) is 0 Å². The molecule has 0 radical (unpaired) electrons. The summed E-state index contributed by atoms with van der Waals surface area (Å²) in [6.45, 7) is 7.34. The molecule has 1 heterocycles. The molecule has 13 heavy (non-hydrogen) atoms. The minimum atomic E-state index is 0.0963. The third kappa shape index (κ3) is 4.07. The lowest BCUT2D eigenvalue weighted by Gasteiger charge is -2.27. The molecule has 1 aliphatic rings. The van der Waals surface area contributed by atoms with Crippen LogP contribution in [0.4, 0.5) is 0 Å². The Morgan fingerprint density at radius 2 is 2.31 bits per heavy atom. The monoisotopic (exact) mass is 186 g/mol. The lowest BCUT2D eigenvalue weighted by Crippen LogP contribution is -2.48. The lowest BCUT2D eigenvalue weighted by atomic mass is 10.1. The van der Waals surface area contributed by atoms with E-state index in [1.165, 1.54) is 19.4 Å². The van der Waals surface area contributed by atoms with E-state index in [2.05, 4.69) is 24.5 Å². The topological polar surface area (TPSA) is 33.3 Å². The van der Waals surface area contributed by atoms with Gasteiger partial charge < -0.3 is 15.4 Å². The van der Waals surface area contributed by atoms with Crippen LogP contribution in [0.3, 0.4) is 0 Å². The highest BCUT2D eigenvalue weighted by Crippen LogP contribution is 2.07. The quantitative estimate of drug-likeness (QED) is 0.665. The number of rotatable bonds is 5. The van der Waals surface area contributed by atoms with Crippen molar-refractivity contribution in [1.29, 1.82) is 0 Å². The van der Waals surface area contributed by atoms with Crippen LogP contribution >= 0.6 is 0 Å². The fraction of sp³-hybridized carbons (Fsp3) is 1.00. The Kier molecular flexibility index (Phi) is 4.16. The molecular weight excluding hydrogens is 164 g/mol. The van der Waals surface area contributed by atoms with E-state index < -0.39 is 0 Å². The van der Waals surface area contributed by atoms with E-state index in [0.717, 1.165) is 13.2 Å². The Balaban J connectivity index is 2.15. The molecule has 0 aromatic carbocycles.